The molecule has 0 aliphatic heterocycles. The van der Waals surface area contributed by atoms with Gasteiger partial charge in [0.2, 0.25) is 0 Å². The zero-order valence-corrected chi connectivity index (χ0v) is 9.38. The van der Waals surface area contributed by atoms with Crippen molar-refractivity contribution in [3.8, 4) is 0 Å². The van der Waals surface area contributed by atoms with E-state index < -0.39 is 0 Å². The van der Waals surface area contributed by atoms with Crippen molar-refractivity contribution >= 4 is 10.9 Å². The molecule has 0 unspecified atom stereocenters. The van der Waals surface area contributed by atoms with Crippen LogP contribution >= 0.6 is 0 Å². The van der Waals surface area contributed by atoms with E-state index in [4.69, 9.17) is 5.73 Å². The summed E-state index contributed by atoms with van der Waals surface area (Å²) in [4.78, 5) is 3.29. The number of benzene rings is 1. The fourth-order valence-corrected chi connectivity index (χ4v) is 1.88. The Hall–Kier alpha value is -1.28. The second-order valence-corrected chi connectivity index (χ2v) is 4.90. The number of hydrogen-bond donors (Lipinski definition) is 2. The molecule has 0 bridgehead atoms. The second kappa shape index (κ2) is 3.70. The van der Waals surface area contributed by atoms with E-state index in [9.17, 15) is 0 Å². The molecule has 1 aromatic carbocycles. The maximum atomic E-state index is 5.76. The van der Waals surface area contributed by atoms with Gasteiger partial charge >= 0.3 is 0 Å². The number of H-pyrrole nitrogens is 1. The van der Waals surface area contributed by atoms with Gasteiger partial charge in [-0.05, 0) is 35.4 Å². The van der Waals surface area contributed by atoms with Crippen LogP contribution in [-0.2, 0) is 6.42 Å². The lowest BCUT2D eigenvalue weighted by atomic mass is 9.85. The summed E-state index contributed by atoms with van der Waals surface area (Å²) in [6, 6.07) is 8.52. The van der Waals surface area contributed by atoms with Gasteiger partial charge in [0.05, 0.1) is 0 Å². The molecule has 0 aliphatic rings. The fraction of sp³-hybridized carbons (Fsp3) is 0.385. The predicted molar refractivity (Wildman–Crippen MR) is 64.8 cm³/mol. The molecule has 0 spiro atoms. The first-order chi connectivity index (χ1) is 7.12. The zero-order chi connectivity index (χ0) is 10.9. The molecule has 0 amide bonds. The van der Waals surface area contributed by atoms with Gasteiger partial charge < -0.3 is 10.7 Å². The lowest BCUT2D eigenvalue weighted by molar-refractivity contribution is 0.378. The molecule has 80 valence electrons. The van der Waals surface area contributed by atoms with Crippen molar-refractivity contribution in [3.05, 3.63) is 36.0 Å². The highest BCUT2D eigenvalue weighted by molar-refractivity contribution is 5.82. The minimum Gasteiger partial charge on any atom is -0.361 e. The Labute approximate surface area is 90.5 Å². The summed E-state index contributed by atoms with van der Waals surface area (Å²) in [5.41, 5.74) is 8.53. The Bertz CT molecular complexity index is 454. The van der Waals surface area contributed by atoms with Crippen molar-refractivity contribution < 1.29 is 0 Å². The van der Waals surface area contributed by atoms with E-state index in [0.29, 0.717) is 6.54 Å². The van der Waals surface area contributed by atoms with Crippen molar-refractivity contribution in [2.45, 2.75) is 20.3 Å². The lowest BCUT2D eigenvalue weighted by Crippen LogP contribution is -2.25. The van der Waals surface area contributed by atoms with Gasteiger partial charge in [-0.15, -0.1) is 0 Å². The lowest BCUT2D eigenvalue weighted by Gasteiger charge is -2.22. The number of hydrogen-bond acceptors (Lipinski definition) is 1. The molecule has 0 fully saturated rings. The Morgan fingerprint density at radius 1 is 1.27 bits per heavy atom. The van der Waals surface area contributed by atoms with Crippen LogP contribution in [0, 0.1) is 5.41 Å². The summed E-state index contributed by atoms with van der Waals surface area (Å²) in [6.45, 7) is 5.12. The van der Waals surface area contributed by atoms with Crippen LogP contribution in [0.15, 0.2) is 30.5 Å². The third-order valence-electron chi connectivity index (χ3n) is 2.90. The van der Waals surface area contributed by atoms with Crippen molar-refractivity contribution in [3.63, 3.8) is 0 Å². The highest BCUT2D eigenvalue weighted by Gasteiger charge is 2.17. The summed E-state index contributed by atoms with van der Waals surface area (Å²) in [5.74, 6) is 0. The second-order valence-electron chi connectivity index (χ2n) is 4.90. The molecule has 0 atom stereocenters. The van der Waals surface area contributed by atoms with Gasteiger partial charge in [0, 0.05) is 11.7 Å². The molecule has 0 radical (unpaired) electrons. The molecule has 1 aromatic heterocycles. The number of rotatable bonds is 3. The molecule has 3 N–H and O–H groups in total. The number of aromatic nitrogens is 1. The van der Waals surface area contributed by atoms with Crippen molar-refractivity contribution in [1.82, 2.24) is 4.98 Å². The van der Waals surface area contributed by atoms with Gasteiger partial charge in [0.1, 0.15) is 0 Å². The standard InChI is InChI=1S/C13H18N2/c1-13(2,9-14)8-11-5-3-4-10-6-7-15-12(10)11/h3-7,15H,8-9,14H2,1-2H3. The number of aromatic amines is 1. The van der Waals surface area contributed by atoms with Gasteiger partial charge in [-0.2, -0.15) is 0 Å². The minimum absolute atomic E-state index is 0.166. The number of para-hydroxylation sites is 1. The number of fused-ring (bicyclic) bond motifs is 1. The molecule has 1 heterocycles. The maximum absolute atomic E-state index is 5.76. The van der Waals surface area contributed by atoms with Crippen LogP contribution in [0.4, 0.5) is 0 Å². The van der Waals surface area contributed by atoms with E-state index >= 15 is 0 Å². The van der Waals surface area contributed by atoms with Crippen LogP contribution in [0.1, 0.15) is 19.4 Å². The molecular formula is C13H18N2. The van der Waals surface area contributed by atoms with E-state index in [1.165, 1.54) is 16.5 Å². The van der Waals surface area contributed by atoms with Gasteiger partial charge in [0.25, 0.3) is 0 Å². The van der Waals surface area contributed by atoms with Gasteiger partial charge in [-0.3, -0.25) is 0 Å². The Morgan fingerprint density at radius 2 is 2.07 bits per heavy atom. The summed E-state index contributed by atoms with van der Waals surface area (Å²) < 4.78 is 0. The third kappa shape index (κ3) is 2.05. The average Bonchev–Trinajstić information content (AvgIpc) is 2.66. The quantitative estimate of drug-likeness (QED) is 0.789. The Balaban J connectivity index is 2.39. The highest BCUT2D eigenvalue weighted by Crippen LogP contribution is 2.25. The molecule has 2 heteroatoms. The first-order valence-corrected chi connectivity index (χ1v) is 5.37. The van der Waals surface area contributed by atoms with Crippen LogP contribution in [0.3, 0.4) is 0 Å². The smallest absolute Gasteiger partial charge is 0.0486 e. The van der Waals surface area contributed by atoms with Crippen molar-refractivity contribution in [2.24, 2.45) is 11.1 Å². The molecule has 0 aliphatic carbocycles. The van der Waals surface area contributed by atoms with Crippen LogP contribution < -0.4 is 5.73 Å². The summed E-state index contributed by atoms with van der Waals surface area (Å²) in [7, 11) is 0. The highest BCUT2D eigenvalue weighted by atomic mass is 14.7. The SMILES string of the molecule is CC(C)(CN)Cc1cccc2cc[nH]c12. The fourth-order valence-electron chi connectivity index (χ4n) is 1.88. The van der Waals surface area contributed by atoms with E-state index in [2.05, 4.69) is 43.1 Å². The zero-order valence-electron chi connectivity index (χ0n) is 9.38. The van der Waals surface area contributed by atoms with E-state index in [1.807, 2.05) is 6.20 Å². The van der Waals surface area contributed by atoms with Gasteiger partial charge in [-0.25, -0.2) is 0 Å². The third-order valence-corrected chi connectivity index (χ3v) is 2.90. The molecule has 15 heavy (non-hydrogen) atoms. The topological polar surface area (TPSA) is 41.8 Å². The van der Waals surface area contributed by atoms with Gasteiger partial charge in [-0.1, -0.05) is 32.0 Å². The average molecular weight is 202 g/mol. The maximum Gasteiger partial charge on any atom is 0.0486 e. The largest absolute Gasteiger partial charge is 0.361 e. The number of nitrogens with two attached hydrogens (primary N) is 1. The first-order valence-electron chi connectivity index (χ1n) is 5.37. The van der Waals surface area contributed by atoms with Gasteiger partial charge in [0.15, 0.2) is 0 Å². The van der Waals surface area contributed by atoms with Crippen LogP contribution in [0.2, 0.25) is 0 Å². The normalized spacial score (nSPS) is 12.2. The Morgan fingerprint density at radius 3 is 2.80 bits per heavy atom. The van der Waals surface area contributed by atoms with Crippen LogP contribution in [0.5, 0.6) is 0 Å². The monoisotopic (exact) mass is 202 g/mol. The van der Waals surface area contributed by atoms with Crippen molar-refractivity contribution in [1.29, 1.82) is 0 Å². The number of nitrogens with one attached hydrogen (secondary N) is 1. The molecule has 2 aromatic rings. The minimum atomic E-state index is 0.166. The van der Waals surface area contributed by atoms with E-state index in [0.717, 1.165) is 6.42 Å². The van der Waals surface area contributed by atoms with Crippen molar-refractivity contribution in [2.75, 3.05) is 6.54 Å². The van der Waals surface area contributed by atoms with E-state index in [-0.39, 0.29) is 5.41 Å². The molecule has 0 saturated heterocycles. The molecule has 2 rings (SSSR count). The molecular weight excluding hydrogens is 184 g/mol. The first kappa shape index (κ1) is 10.2. The molecule has 0 saturated carbocycles. The Kier molecular flexibility index (Phi) is 2.53. The summed E-state index contributed by atoms with van der Waals surface area (Å²) in [5, 5.41) is 1.28. The van der Waals surface area contributed by atoms with Crippen LogP contribution in [-0.4, -0.2) is 11.5 Å². The van der Waals surface area contributed by atoms with Crippen LogP contribution in [0.25, 0.3) is 10.9 Å². The summed E-state index contributed by atoms with van der Waals surface area (Å²) in [6.07, 6.45) is 3.00. The summed E-state index contributed by atoms with van der Waals surface area (Å²) >= 11 is 0. The van der Waals surface area contributed by atoms with E-state index in [1.54, 1.807) is 0 Å². The molecule has 2 nitrogen and oxygen atoms in total. The predicted octanol–water partition coefficient (Wildman–Crippen LogP) is 2.70.